The smallest absolute Gasteiger partial charge is 0.257 e. The van der Waals surface area contributed by atoms with Crippen LogP contribution in [-0.4, -0.2) is 25.5 Å². The molecule has 24 heavy (non-hydrogen) atoms. The molecule has 0 aliphatic heterocycles. The van der Waals surface area contributed by atoms with Gasteiger partial charge in [0.25, 0.3) is 11.8 Å². The van der Waals surface area contributed by atoms with Crippen LogP contribution >= 0.6 is 0 Å². The number of carbonyl (C=O) groups excluding carboxylic acids is 2. The van der Waals surface area contributed by atoms with E-state index in [9.17, 15) is 9.59 Å². The van der Waals surface area contributed by atoms with Gasteiger partial charge in [-0.05, 0) is 37.6 Å². The number of hydrogen-bond acceptors (Lipinski definition) is 3. The van der Waals surface area contributed by atoms with E-state index in [1.165, 1.54) is 0 Å². The van der Waals surface area contributed by atoms with Crippen LogP contribution in [0.1, 0.15) is 27.0 Å². The molecular weight excluding hydrogens is 304 g/mol. The highest BCUT2D eigenvalue weighted by atomic mass is 16.5. The average molecular weight is 326 g/mol. The van der Waals surface area contributed by atoms with Crippen molar-refractivity contribution < 1.29 is 14.3 Å². The zero-order chi connectivity index (χ0) is 17.5. The summed E-state index contributed by atoms with van der Waals surface area (Å²) in [6, 6.07) is 13.1. The van der Waals surface area contributed by atoms with Crippen molar-refractivity contribution in [3.8, 4) is 5.75 Å². The van der Waals surface area contributed by atoms with Crippen molar-refractivity contribution in [1.82, 2.24) is 10.6 Å². The Kier molecular flexibility index (Phi) is 5.95. The van der Waals surface area contributed by atoms with Gasteiger partial charge in [0.05, 0.1) is 0 Å². The summed E-state index contributed by atoms with van der Waals surface area (Å²) in [4.78, 5) is 23.6. The fourth-order valence-electron chi connectivity index (χ4n) is 2.22. The predicted molar refractivity (Wildman–Crippen MR) is 93.1 cm³/mol. The Morgan fingerprint density at radius 2 is 1.79 bits per heavy atom. The van der Waals surface area contributed by atoms with Gasteiger partial charge in [-0.2, -0.15) is 0 Å². The second-order valence-corrected chi connectivity index (χ2v) is 5.63. The summed E-state index contributed by atoms with van der Waals surface area (Å²) in [7, 11) is 1.56. The van der Waals surface area contributed by atoms with Crippen LogP contribution in [0.4, 0.5) is 0 Å². The highest BCUT2D eigenvalue weighted by Gasteiger charge is 2.10. The minimum absolute atomic E-state index is 0.0568. The summed E-state index contributed by atoms with van der Waals surface area (Å²) in [6.07, 6.45) is 0. The third-order valence-corrected chi connectivity index (χ3v) is 3.58. The molecule has 2 aromatic carbocycles. The number of carbonyl (C=O) groups is 2. The molecule has 0 atom stereocenters. The van der Waals surface area contributed by atoms with Gasteiger partial charge in [0.15, 0.2) is 6.61 Å². The topological polar surface area (TPSA) is 67.4 Å². The van der Waals surface area contributed by atoms with Crippen LogP contribution in [0.25, 0.3) is 0 Å². The maximum atomic E-state index is 12.2. The molecule has 126 valence electrons. The van der Waals surface area contributed by atoms with Gasteiger partial charge in [0.2, 0.25) is 0 Å². The predicted octanol–water partition coefficient (Wildman–Crippen LogP) is 2.36. The molecule has 2 amide bonds. The van der Waals surface area contributed by atoms with E-state index in [2.05, 4.69) is 10.6 Å². The van der Waals surface area contributed by atoms with Crippen LogP contribution in [0, 0.1) is 13.8 Å². The molecule has 0 aliphatic carbocycles. The molecule has 2 rings (SSSR count). The van der Waals surface area contributed by atoms with Crippen LogP contribution < -0.4 is 15.4 Å². The van der Waals surface area contributed by atoms with Gasteiger partial charge in [-0.15, -0.1) is 0 Å². The third kappa shape index (κ3) is 4.84. The van der Waals surface area contributed by atoms with Crippen molar-refractivity contribution in [3.05, 3.63) is 64.7 Å². The first-order valence-corrected chi connectivity index (χ1v) is 7.77. The van der Waals surface area contributed by atoms with Crippen LogP contribution in [0.3, 0.4) is 0 Å². The van der Waals surface area contributed by atoms with E-state index in [-0.39, 0.29) is 18.4 Å². The van der Waals surface area contributed by atoms with Crippen molar-refractivity contribution in [2.45, 2.75) is 20.4 Å². The number of ether oxygens (including phenoxy) is 1. The van der Waals surface area contributed by atoms with E-state index in [1.54, 1.807) is 13.1 Å². The summed E-state index contributed by atoms with van der Waals surface area (Å²) >= 11 is 0. The minimum Gasteiger partial charge on any atom is -0.483 e. The fraction of sp³-hybridized carbons (Fsp3) is 0.263. The summed E-state index contributed by atoms with van der Waals surface area (Å²) in [5, 5.41) is 5.40. The van der Waals surface area contributed by atoms with Crippen LogP contribution in [-0.2, 0) is 11.3 Å². The SMILES string of the molecule is CNC(=O)COc1cc(C)ccc1CNC(=O)c1cccc(C)c1. The van der Waals surface area contributed by atoms with Crippen molar-refractivity contribution in [3.63, 3.8) is 0 Å². The van der Waals surface area contributed by atoms with Gasteiger partial charge in [-0.3, -0.25) is 9.59 Å². The van der Waals surface area contributed by atoms with Gasteiger partial charge in [-0.1, -0.05) is 29.8 Å². The Labute approximate surface area is 142 Å². The largest absolute Gasteiger partial charge is 0.483 e. The molecule has 2 aromatic rings. The zero-order valence-corrected chi connectivity index (χ0v) is 14.2. The normalized spacial score (nSPS) is 10.1. The van der Waals surface area contributed by atoms with Gasteiger partial charge >= 0.3 is 0 Å². The molecule has 0 aromatic heterocycles. The van der Waals surface area contributed by atoms with Crippen LogP contribution in [0.15, 0.2) is 42.5 Å². The summed E-state index contributed by atoms with van der Waals surface area (Å²) < 4.78 is 5.56. The van der Waals surface area contributed by atoms with Gasteiger partial charge in [-0.25, -0.2) is 0 Å². The molecule has 2 N–H and O–H groups in total. The van der Waals surface area contributed by atoms with Crippen molar-refractivity contribution in [2.24, 2.45) is 0 Å². The zero-order valence-electron chi connectivity index (χ0n) is 14.2. The second kappa shape index (κ2) is 8.15. The summed E-state index contributed by atoms with van der Waals surface area (Å²) in [5.74, 6) is 0.255. The number of rotatable bonds is 6. The highest BCUT2D eigenvalue weighted by Crippen LogP contribution is 2.20. The standard InChI is InChI=1S/C19H22N2O3/c1-13-5-4-6-15(9-13)19(23)21-11-16-8-7-14(2)10-17(16)24-12-18(22)20-3/h4-10H,11-12H2,1-3H3,(H,20,22)(H,21,23). The lowest BCUT2D eigenvalue weighted by Crippen LogP contribution is -2.26. The van der Waals surface area contributed by atoms with E-state index in [4.69, 9.17) is 4.74 Å². The Morgan fingerprint density at radius 3 is 2.50 bits per heavy atom. The van der Waals surface area contributed by atoms with E-state index in [0.29, 0.717) is 17.9 Å². The molecule has 5 nitrogen and oxygen atoms in total. The van der Waals surface area contributed by atoms with Crippen molar-refractivity contribution in [2.75, 3.05) is 13.7 Å². The molecule has 0 saturated heterocycles. The highest BCUT2D eigenvalue weighted by molar-refractivity contribution is 5.94. The van der Waals surface area contributed by atoms with Crippen LogP contribution in [0.5, 0.6) is 5.75 Å². The first kappa shape index (κ1) is 17.5. The Balaban J connectivity index is 2.06. The van der Waals surface area contributed by atoms with Gasteiger partial charge in [0, 0.05) is 24.7 Å². The first-order valence-electron chi connectivity index (χ1n) is 7.77. The Morgan fingerprint density at radius 1 is 1.04 bits per heavy atom. The average Bonchev–Trinajstić information content (AvgIpc) is 2.58. The molecule has 5 heteroatoms. The number of hydrogen-bond donors (Lipinski definition) is 2. The molecule has 0 saturated carbocycles. The molecule has 0 heterocycles. The number of benzene rings is 2. The minimum atomic E-state index is -0.203. The van der Waals surface area contributed by atoms with E-state index < -0.39 is 0 Å². The monoisotopic (exact) mass is 326 g/mol. The maximum absolute atomic E-state index is 12.2. The molecule has 0 spiro atoms. The number of nitrogens with one attached hydrogen (secondary N) is 2. The quantitative estimate of drug-likeness (QED) is 0.856. The third-order valence-electron chi connectivity index (χ3n) is 3.58. The maximum Gasteiger partial charge on any atom is 0.257 e. The number of likely N-dealkylation sites (N-methyl/N-ethyl adjacent to an activating group) is 1. The van der Waals surface area contributed by atoms with Gasteiger partial charge < -0.3 is 15.4 Å². The van der Waals surface area contributed by atoms with Crippen LogP contribution in [0.2, 0.25) is 0 Å². The lowest BCUT2D eigenvalue weighted by atomic mass is 10.1. The van der Waals surface area contributed by atoms with E-state index in [1.807, 2.05) is 50.2 Å². The Hall–Kier alpha value is -2.82. The Bertz CT molecular complexity index is 741. The lowest BCUT2D eigenvalue weighted by Gasteiger charge is -2.13. The van der Waals surface area contributed by atoms with Gasteiger partial charge in [0.1, 0.15) is 5.75 Å². The number of aryl methyl sites for hydroxylation is 2. The summed E-state index contributed by atoms with van der Waals surface area (Å²) in [5.41, 5.74) is 3.50. The number of amides is 2. The molecule has 0 fully saturated rings. The molecular formula is C19H22N2O3. The lowest BCUT2D eigenvalue weighted by molar-refractivity contribution is -0.122. The van der Waals surface area contributed by atoms with E-state index >= 15 is 0 Å². The molecule has 0 radical (unpaired) electrons. The fourth-order valence-corrected chi connectivity index (χ4v) is 2.22. The second-order valence-electron chi connectivity index (χ2n) is 5.63. The molecule has 0 aliphatic rings. The first-order chi connectivity index (χ1) is 11.5. The van der Waals surface area contributed by atoms with Crippen molar-refractivity contribution in [1.29, 1.82) is 0 Å². The summed E-state index contributed by atoms with van der Waals surface area (Å²) in [6.45, 7) is 4.16. The molecule has 0 bridgehead atoms. The van der Waals surface area contributed by atoms with E-state index in [0.717, 1.165) is 16.7 Å². The van der Waals surface area contributed by atoms with Crippen molar-refractivity contribution >= 4 is 11.8 Å². The molecule has 0 unspecified atom stereocenters.